The van der Waals surface area contributed by atoms with E-state index in [1.54, 1.807) is 12.1 Å². The maximum absolute atomic E-state index is 11.4. The van der Waals surface area contributed by atoms with Gasteiger partial charge in [-0.3, -0.25) is 4.79 Å². The minimum Gasteiger partial charge on any atom is -0.388 e. The Bertz CT molecular complexity index is 404. The van der Waals surface area contributed by atoms with Gasteiger partial charge in [0.2, 0.25) is 5.91 Å². The number of hydrogen-bond acceptors (Lipinski definition) is 2. The van der Waals surface area contributed by atoms with Gasteiger partial charge in [0.15, 0.2) is 0 Å². The Balaban J connectivity index is 1.76. The van der Waals surface area contributed by atoms with Gasteiger partial charge in [-0.15, -0.1) is 0 Å². The zero-order valence-electron chi connectivity index (χ0n) is 9.53. The Morgan fingerprint density at radius 2 is 2.29 bits per heavy atom. The molecular formula is C13H16ClNO2. The number of aliphatic hydroxyl groups is 1. The second-order valence-electron chi connectivity index (χ2n) is 4.42. The maximum atomic E-state index is 11.4. The predicted molar refractivity (Wildman–Crippen MR) is 66.8 cm³/mol. The smallest absolute Gasteiger partial charge is 0.223 e. The lowest BCUT2D eigenvalue weighted by Gasteiger charge is -2.11. The van der Waals surface area contributed by atoms with Gasteiger partial charge in [0, 0.05) is 17.5 Å². The molecule has 1 atom stereocenters. The van der Waals surface area contributed by atoms with Gasteiger partial charge in [-0.2, -0.15) is 0 Å². The molecule has 2 N–H and O–H groups in total. The van der Waals surface area contributed by atoms with Gasteiger partial charge >= 0.3 is 0 Å². The van der Waals surface area contributed by atoms with Crippen LogP contribution in [-0.2, 0) is 4.79 Å². The van der Waals surface area contributed by atoms with E-state index in [-0.39, 0.29) is 11.8 Å². The van der Waals surface area contributed by atoms with E-state index in [4.69, 9.17) is 11.6 Å². The van der Waals surface area contributed by atoms with Crippen LogP contribution in [-0.4, -0.2) is 17.6 Å². The van der Waals surface area contributed by atoms with Crippen molar-refractivity contribution in [3.63, 3.8) is 0 Å². The fourth-order valence-corrected chi connectivity index (χ4v) is 1.90. The van der Waals surface area contributed by atoms with E-state index in [0.29, 0.717) is 18.0 Å². The zero-order chi connectivity index (χ0) is 12.3. The average Bonchev–Trinajstić information content (AvgIpc) is 3.12. The van der Waals surface area contributed by atoms with E-state index < -0.39 is 6.10 Å². The first-order valence-electron chi connectivity index (χ1n) is 5.88. The monoisotopic (exact) mass is 253 g/mol. The summed E-state index contributed by atoms with van der Waals surface area (Å²) in [6, 6.07) is 7.16. The minimum atomic E-state index is -0.576. The summed E-state index contributed by atoms with van der Waals surface area (Å²) >= 11 is 5.84. The molecule has 1 aromatic carbocycles. The number of carbonyl (C=O) groups is 1. The van der Waals surface area contributed by atoms with Crippen molar-refractivity contribution in [3.05, 3.63) is 34.9 Å². The van der Waals surface area contributed by atoms with Gasteiger partial charge in [-0.1, -0.05) is 23.7 Å². The topological polar surface area (TPSA) is 49.3 Å². The molecule has 0 bridgehead atoms. The van der Waals surface area contributed by atoms with Gasteiger partial charge in [-0.25, -0.2) is 0 Å². The van der Waals surface area contributed by atoms with Crippen LogP contribution < -0.4 is 5.32 Å². The van der Waals surface area contributed by atoms with Crippen molar-refractivity contribution in [2.75, 3.05) is 6.54 Å². The summed E-state index contributed by atoms with van der Waals surface area (Å²) in [5, 5.41) is 13.3. The summed E-state index contributed by atoms with van der Waals surface area (Å²) in [5.41, 5.74) is 0.790. The standard InChI is InChI=1S/C13H16ClNO2/c14-11-3-1-2-10(8-11)12(16)6-7-15-13(17)9-4-5-9/h1-3,8-9,12,16H,4-7H2,(H,15,17)/t12-/m0/s1. The molecule has 1 aliphatic carbocycles. The third-order valence-electron chi connectivity index (χ3n) is 2.90. The molecule has 1 fully saturated rings. The van der Waals surface area contributed by atoms with E-state index in [0.717, 1.165) is 18.4 Å². The number of hydrogen-bond donors (Lipinski definition) is 2. The van der Waals surface area contributed by atoms with Crippen LogP contribution in [0.2, 0.25) is 5.02 Å². The number of benzene rings is 1. The highest BCUT2D eigenvalue weighted by Gasteiger charge is 2.29. The third-order valence-corrected chi connectivity index (χ3v) is 3.13. The van der Waals surface area contributed by atoms with Crippen molar-refractivity contribution in [1.82, 2.24) is 5.32 Å². The number of nitrogens with one attached hydrogen (secondary N) is 1. The third kappa shape index (κ3) is 3.72. The number of carbonyl (C=O) groups excluding carboxylic acids is 1. The fourth-order valence-electron chi connectivity index (χ4n) is 1.70. The molecule has 0 saturated heterocycles. The summed E-state index contributed by atoms with van der Waals surface area (Å²) in [7, 11) is 0. The van der Waals surface area contributed by atoms with Crippen LogP contribution in [0.5, 0.6) is 0 Å². The minimum absolute atomic E-state index is 0.114. The Kier molecular flexibility index (Phi) is 4.02. The van der Waals surface area contributed by atoms with E-state index >= 15 is 0 Å². The maximum Gasteiger partial charge on any atom is 0.223 e. The molecule has 0 heterocycles. The number of halogens is 1. The molecule has 0 radical (unpaired) electrons. The van der Waals surface area contributed by atoms with Crippen LogP contribution in [0, 0.1) is 5.92 Å². The van der Waals surface area contributed by atoms with Crippen molar-refractivity contribution in [1.29, 1.82) is 0 Å². The summed E-state index contributed by atoms with van der Waals surface area (Å²) in [6.07, 6.45) is 1.94. The molecule has 1 aromatic rings. The van der Waals surface area contributed by atoms with Gasteiger partial charge in [0.1, 0.15) is 0 Å². The molecule has 2 rings (SSSR count). The normalized spacial score (nSPS) is 16.6. The molecule has 17 heavy (non-hydrogen) atoms. The van der Waals surface area contributed by atoms with Crippen LogP contribution >= 0.6 is 11.6 Å². The van der Waals surface area contributed by atoms with Crippen molar-refractivity contribution < 1.29 is 9.90 Å². The van der Waals surface area contributed by atoms with Gasteiger partial charge in [0.05, 0.1) is 6.10 Å². The highest BCUT2D eigenvalue weighted by molar-refractivity contribution is 6.30. The Morgan fingerprint density at radius 1 is 1.53 bits per heavy atom. The lowest BCUT2D eigenvalue weighted by atomic mass is 10.1. The molecule has 0 unspecified atom stereocenters. The number of rotatable bonds is 5. The van der Waals surface area contributed by atoms with Gasteiger partial charge in [0.25, 0.3) is 0 Å². The molecule has 1 saturated carbocycles. The first kappa shape index (κ1) is 12.4. The molecule has 1 amide bonds. The van der Waals surface area contributed by atoms with Gasteiger partial charge < -0.3 is 10.4 Å². The van der Waals surface area contributed by atoms with Crippen molar-refractivity contribution in [2.45, 2.75) is 25.4 Å². The zero-order valence-corrected chi connectivity index (χ0v) is 10.3. The van der Waals surface area contributed by atoms with E-state index in [1.165, 1.54) is 0 Å². The summed E-state index contributed by atoms with van der Waals surface area (Å²) in [6.45, 7) is 0.503. The molecule has 0 spiro atoms. The largest absolute Gasteiger partial charge is 0.388 e. The lowest BCUT2D eigenvalue weighted by Crippen LogP contribution is -2.26. The quantitative estimate of drug-likeness (QED) is 0.846. The van der Waals surface area contributed by atoms with Crippen LogP contribution in [0.15, 0.2) is 24.3 Å². The first-order valence-corrected chi connectivity index (χ1v) is 6.26. The second kappa shape index (κ2) is 5.52. The van der Waals surface area contributed by atoms with Crippen LogP contribution in [0.1, 0.15) is 30.9 Å². The number of amides is 1. The van der Waals surface area contributed by atoms with Crippen LogP contribution in [0.4, 0.5) is 0 Å². The molecule has 0 aromatic heterocycles. The van der Waals surface area contributed by atoms with Gasteiger partial charge in [-0.05, 0) is 37.0 Å². The second-order valence-corrected chi connectivity index (χ2v) is 4.86. The highest BCUT2D eigenvalue weighted by atomic mass is 35.5. The Morgan fingerprint density at radius 3 is 2.94 bits per heavy atom. The van der Waals surface area contributed by atoms with Crippen LogP contribution in [0.3, 0.4) is 0 Å². The molecule has 3 nitrogen and oxygen atoms in total. The predicted octanol–water partition coefficient (Wildman–Crippen LogP) is 2.29. The van der Waals surface area contributed by atoms with E-state index in [2.05, 4.69) is 5.32 Å². The summed E-state index contributed by atoms with van der Waals surface area (Å²) in [4.78, 5) is 11.4. The molecule has 4 heteroatoms. The Labute approximate surface area is 106 Å². The first-order chi connectivity index (χ1) is 8.16. The molecule has 1 aliphatic rings. The van der Waals surface area contributed by atoms with Crippen molar-refractivity contribution in [3.8, 4) is 0 Å². The number of aliphatic hydroxyl groups excluding tert-OH is 1. The molecular weight excluding hydrogens is 238 g/mol. The summed E-state index contributed by atoms with van der Waals surface area (Å²) < 4.78 is 0. The molecule has 0 aliphatic heterocycles. The van der Waals surface area contributed by atoms with E-state index in [1.807, 2.05) is 12.1 Å². The SMILES string of the molecule is O=C(NCC[C@H](O)c1cccc(Cl)c1)C1CC1. The molecule has 92 valence electrons. The highest BCUT2D eigenvalue weighted by Crippen LogP contribution is 2.28. The summed E-state index contributed by atoms with van der Waals surface area (Å²) in [5.74, 6) is 0.335. The van der Waals surface area contributed by atoms with Crippen LogP contribution in [0.25, 0.3) is 0 Å². The average molecular weight is 254 g/mol. The Hall–Kier alpha value is -1.06. The van der Waals surface area contributed by atoms with E-state index in [9.17, 15) is 9.90 Å². The fraction of sp³-hybridized carbons (Fsp3) is 0.462. The van der Waals surface area contributed by atoms with Crippen molar-refractivity contribution in [2.24, 2.45) is 5.92 Å². The van der Waals surface area contributed by atoms with Crippen molar-refractivity contribution >= 4 is 17.5 Å². The lowest BCUT2D eigenvalue weighted by molar-refractivity contribution is -0.122.